The molecule has 0 bridgehead atoms. The maximum atomic E-state index is 11.1. The third kappa shape index (κ3) is 19.9. The zero-order chi connectivity index (χ0) is 19.3. The second kappa shape index (κ2) is 19.3. The maximum Gasteiger partial charge on any atom is 0.267 e. The predicted molar refractivity (Wildman–Crippen MR) is 110 cm³/mol. The fourth-order valence-electron chi connectivity index (χ4n) is 3.24. The van der Waals surface area contributed by atoms with E-state index in [0.717, 1.165) is 38.4 Å². The summed E-state index contributed by atoms with van der Waals surface area (Å²) in [5.41, 5.74) is 0. The van der Waals surface area contributed by atoms with Crippen molar-refractivity contribution in [3.8, 4) is 0 Å². The fourth-order valence-corrected chi connectivity index (χ4v) is 3.97. The summed E-state index contributed by atoms with van der Waals surface area (Å²) in [7, 11) is -2.02. The van der Waals surface area contributed by atoms with Crippen molar-refractivity contribution in [2.75, 3.05) is 12.9 Å². The lowest BCUT2D eigenvalue weighted by atomic mass is 10.0. The SMILES string of the molecule is COS(=O)(=O)CCCCCCCCCCCCCCCCCCCC=O. The quantitative estimate of drug-likeness (QED) is 0.133. The van der Waals surface area contributed by atoms with Gasteiger partial charge in [-0.15, -0.1) is 0 Å². The van der Waals surface area contributed by atoms with Crippen molar-refractivity contribution in [2.45, 2.75) is 116 Å². The van der Waals surface area contributed by atoms with Crippen LogP contribution in [-0.2, 0) is 19.1 Å². The minimum Gasteiger partial charge on any atom is -0.303 e. The van der Waals surface area contributed by atoms with Crippen LogP contribution in [0.25, 0.3) is 0 Å². The second-order valence-electron chi connectivity index (χ2n) is 7.39. The van der Waals surface area contributed by atoms with E-state index in [0.29, 0.717) is 0 Å². The van der Waals surface area contributed by atoms with E-state index in [-0.39, 0.29) is 5.75 Å². The molecule has 0 saturated carbocycles. The van der Waals surface area contributed by atoms with E-state index in [1.54, 1.807) is 0 Å². The summed E-state index contributed by atoms with van der Waals surface area (Å²) in [5, 5.41) is 0. The van der Waals surface area contributed by atoms with Gasteiger partial charge in [0.25, 0.3) is 10.1 Å². The molecule has 0 atom stereocenters. The van der Waals surface area contributed by atoms with Gasteiger partial charge in [-0.05, 0) is 12.8 Å². The van der Waals surface area contributed by atoms with Crippen LogP contribution in [-0.4, -0.2) is 27.6 Å². The van der Waals surface area contributed by atoms with Crippen LogP contribution in [0.3, 0.4) is 0 Å². The molecule has 0 aliphatic heterocycles. The van der Waals surface area contributed by atoms with Crippen LogP contribution in [0.1, 0.15) is 116 Å². The summed E-state index contributed by atoms with van der Waals surface area (Å²) < 4.78 is 26.7. The highest BCUT2D eigenvalue weighted by Crippen LogP contribution is 2.14. The summed E-state index contributed by atoms with van der Waals surface area (Å²) in [6, 6.07) is 0. The third-order valence-corrected chi connectivity index (χ3v) is 6.27. The maximum absolute atomic E-state index is 11.1. The first-order valence-corrected chi connectivity index (χ1v) is 12.4. The van der Waals surface area contributed by atoms with Gasteiger partial charge in [-0.1, -0.05) is 96.3 Å². The summed E-state index contributed by atoms with van der Waals surface area (Å²) >= 11 is 0. The van der Waals surface area contributed by atoms with Crippen LogP contribution in [0.5, 0.6) is 0 Å². The van der Waals surface area contributed by atoms with Crippen molar-refractivity contribution in [2.24, 2.45) is 0 Å². The van der Waals surface area contributed by atoms with E-state index in [1.807, 2.05) is 0 Å². The molecule has 156 valence electrons. The lowest BCUT2D eigenvalue weighted by Gasteiger charge is -2.04. The largest absolute Gasteiger partial charge is 0.303 e. The topological polar surface area (TPSA) is 60.4 Å². The molecule has 5 heteroatoms. The molecule has 0 fully saturated rings. The van der Waals surface area contributed by atoms with Crippen LogP contribution in [0, 0.1) is 0 Å². The van der Waals surface area contributed by atoms with E-state index in [4.69, 9.17) is 0 Å². The number of hydrogen-bond acceptors (Lipinski definition) is 4. The summed E-state index contributed by atoms with van der Waals surface area (Å²) in [5.74, 6) is 0.156. The van der Waals surface area contributed by atoms with Crippen molar-refractivity contribution in [1.29, 1.82) is 0 Å². The molecule has 0 aromatic rings. The number of carbonyl (C=O) groups is 1. The standard InChI is InChI=1S/C21H42O4S/c1-25-26(23,24)21-19-17-15-13-11-9-7-5-3-2-4-6-8-10-12-14-16-18-20-22/h20H,2-19,21H2,1H3. The Balaban J connectivity index is 3.08. The second-order valence-corrected chi connectivity index (χ2v) is 9.25. The van der Waals surface area contributed by atoms with Gasteiger partial charge >= 0.3 is 0 Å². The molecule has 0 aromatic heterocycles. The molecule has 0 unspecified atom stereocenters. The number of aldehydes is 1. The number of unbranched alkanes of at least 4 members (excludes halogenated alkanes) is 17. The Kier molecular flexibility index (Phi) is 19.0. The number of carbonyl (C=O) groups excluding carboxylic acids is 1. The first-order valence-electron chi connectivity index (χ1n) is 10.8. The van der Waals surface area contributed by atoms with Crippen molar-refractivity contribution in [3.05, 3.63) is 0 Å². The van der Waals surface area contributed by atoms with Gasteiger partial charge in [-0.3, -0.25) is 4.18 Å². The molecule has 4 nitrogen and oxygen atoms in total. The van der Waals surface area contributed by atoms with Gasteiger partial charge in [0, 0.05) is 6.42 Å². The Morgan fingerprint density at radius 2 is 0.885 bits per heavy atom. The Hall–Kier alpha value is -0.420. The Labute approximate surface area is 162 Å². The fraction of sp³-hybridized carbons (Fsp3) is 0.952. The summed E-state index contributed by atoms with van der Waals surface area (Å²) in [6.07, 6.45) is 22.9. The highest BCUT2D eigenvalue weighted by molar-refractivity contribution is 7.86. The van der Waals surface area contributed by atoms with Gasteiger partial charge in [-0.2, -0.15) is 8.42 Å². The highest BCUT2D eigenvalue weighted by Gasteiger charge is 2.06. The Bertz CT molecular complexity index is 393. The molecule has 0 saturated heterocycles. The van der Waals surface area contributed by atoms with Crippen molar-refractivity contribution in [3.63, 3.8) is 0 Å². The van der Waals surface area contributed by atoms with Gasteiger partial charge < -0.3 is 4.79 Å². The molecule has 0 aliphatic rings. The monoisotopic (exact) mass is 390 g/mol. The Morgan fingerprint density at radius 3 is 1.19 bits per heavy atom. The van der Waals surface area contributed by atoms with Gasteiger partial charge in [0.15, 0.2) is 0 Å². The third-order valence-electron chi connectivity index (χ3n) is 4.97. The van der Waals surface area contributed by atoms with Crippen LogP contribution >= 0.6 is 0 Å². The van der Waals surface area contributed by atoms with Crippen LogP contribution in [0.2, 0.25) is 0 Å². The molecule has 0 heterocycles. The number of rotatable bonds is 21. The molecule has 0 N–H and O–H groups in total. The minimum atomic E-state index is -3.25. The molecule has 0 aliphatic carbocycles. The number of hydrogen-bond donors (Lipinski definition) is 0. The molecule has 0 amide bonds. The lowest BCUT2D eigenvalue weighted by molar-refractivity contribution is -0.107. The average molecular weight is 391 g/mol. The lowest BCUT2D eigenvalue weighted by Crippen LogP contribution is -2.07. The highest BCUT2D eigenvalue weighted by atomic mass is 32.2. The first kappa shape index (κ1) is 25.6. The van der Waals surface area contributed by atoms with Gasteiger partial charge in [0.2, 0.25) is 0 Å². The average Bonchev–Trinajstić information content (AvgIpc) is 2.63. The molecule has 26 heavy (non-hydrogen) atoms. The van der Waals surface area contributed by atoms with Crippen molar-refractivity contribution < 1.29 is 17.4 Å². The van der Waals surface area contributed by atoms with Gasteiger partial charge in [0.1, 0.15) is 6.29 Å². The minimum absolute atomic E-state index is 0.156. The summed E-state index contributed by atoms with van der Waals surface area (Å²) in [6.45, 7) is 0. The normalized spacial score (nSPS) is 11.7. The van der Waals surface area contributed by atoms with Crippen LogP contribution in [0.15, 0.2) is 0 Å². The van der Waals surface area contributed by atoms with E-state index in [2.05, 4.69) is 4.18 Å². The molecule has 0 rings (SSSR count). The van der Waals surface area contributed by atoms with Gasteiger partial charge in [-0.25, -0.2) is 0 Å². The predicted octanol–water partition coefficient (Wildman–Crippen LogP) is 6.18. The summed E-state index contributed by atoms with van der Waals surface area (Å²) in [4.78, 5) is 10.2. The first-order chi connectivity index (χ1) is 12.6. The smallest absolute Gasteiger partial charge is 0.267 e. The molecule has 0 aromatic carbocycles. The van der Waals surface area contributed by atoms with Crippen molar-refractivity contribution >= 4 is 16.4 Å². The van der Waals surface area contributed by atoms with E-state index >= 15 is 0 Å². The van der Waals surface area contributed by atoms with E-state index < -0.39 is 10.1 Å². The molecule has 0 spiro atoms. The van der Waals surface area contributed by atoms with Crippen LogP contribution < -0.4 is 0 Å². The molecular formula is C21H42O4S. The van der Waals surface area contributed by atoms with Crippen LogP contribution in [0.4, 0.5) is 0 Å². The Morgan fingerprint density at radius 1 is 0.577 bits per heavy atom. The van der Waals surface area contributed by atoms with E-state index in [1.165, 1.54) is 90.6 Å². The zero-order valence-electron chi connectivity index (χ0n) is 17.1. The zero-order valence-corrected chi connectivity index (χ0v) is 17.9. The van der Waals surface area contributed by atoms with E-state index in [9.17, 15) is 13.2 Å². The van der Waals surface area contributed by atoms with Crippen molar-refractivity contribution in [1.82, 2.24) is 0 Å². The molecular weight excluding hydrogens is 348 g/mol. The van der Waals surface area contributed by atoms with Gasteiger partial charge in [0.05, 0.1) is 12.9 Å². The molecule has 0 radical (unpaired) electrons.